The maximum Gasteiger partial charge on any atom is 0.234 e. The second-order valence-corrected chi connectivity index (χ2v) is 10.8. The summed E-state index contributed by atoms with van der Waals surface area (Å²) in [4.78, 5) is 12.7. The molecule has 0 saturated carbocycles. The van der Waals surface area contributed by atoms with Crippen LogP contribution in [0.2, 0.25) is 15.1 Å². The maximum absolute atomic E-state index is 12.7. The number of phenolic OH excluding ortho intramolecular Hbond substituents is 1. The van der Waals surface area contributed by atoms with E-state index in [2.05, 4.69) is 31.4 Å². The average molecular weight is 613 g/mol. The summed E-state index contributed by atoms with van der Waals surface area (Å²) < 4.78 is 2.62. The van der Waals surface area contributed by atoms with Crippen LogP contribution >= 0.6 is 62.5 Å². The predicted octanol–water partition coefficient (Wildman–Crippen LogP) is 7.71. The van der Waals surface area contributed by atoms with E-state index in [0.717, 1.165) is 21.3 Å². The number of nitrogens with one attached hydrogen (secondary N) is 1. The largest absolute Gasteiger partial charge is 0.507 e. The number of aromatic nitrogens is 3. The van der Waals surface area contributed by atoms with Gasteiger partial charge in [0.1, 0.15) is 5.75 Å². The molecule has 0 bridgehead atoms. The number of hydrogen-bond donors (Lipinski definition) is 2. The van der Waals surface area contributed by atoms with Crippen molar-refractivity contribution < 1.29 is 9.90 Å². The van der Waals surface area contributed by atoms with Crippen molar-refractivity contribution in [3.63, 3.8) is 0 Å². The van der Waals surface area contributed by atoms with Crippen LogP contribution in [0.5, 0.6) is 5.75 Å². The van der Waals surface area contributed by atoms with Crippen LogP contribution in [-0.4, -0.2) is 31.5 Å². The summed E-state index contributed by atoms with van der Waals surface area (Å²) in [7, 11) is 0. The molecular formula is C24H18BrCl3N4O2S. The van der Waals surface area contributed by atoms with Crippen molar-refractivity contribution in [3.05, 3.63) is 79.2 Å². The van der Waals surface area contributed by atoms with Gasteiger partial charge in [-0.15, -0.1) is 10.2 Å². The summed E-state index contributed by atoms with van der Waals surface area (Å²) in [6.07, 6.45) is 0. The maximum atomic E-state index is 12.7. The number of phenols is 1. The van der Waals surface area contributed by atoms with Gasteiger partial charge in [0, 0.05) is 4.47 Å². The van der Waals surface area contributed by atoms with E-state index in [0.29, 0.717) is 27.3 Å². The smallest absolute Gasteiger partial charge is 0.234 e. The van der Waals surface area contributed by atoms with Crippen LogP contribution in [0.15, 0.2) is 58.2 Å². The molecule has 11 heteroatoms. The summed E-state index contributed by atoms with van der Waals surface area (Å²) >= 11 is 22.8. The third-order valence-corrected chi connectivity index (χ3v) is 7.50. The number of hydrogen-bond acceptors (Lipinski definition) is 5. The van der Waals surface area contributed by atoms with Crippen LogP contribution in [0, 0.1) is 13.8 Å². The fourth-order valence-electron chi connectivity index (χ4n) is 3.43. The highest BCUT2D eigenvalue weighted by molar-refractivity contribution is 9.10. The zero-order valence-electron chi connectivity index (χ0n) is 18.4. The number of carbonyl (C=O) groups excluding carboxylic acids is 1. The van der Waals surface area contributed by atoms with Gasteiger partial charge in [0.25, 0.3) is 0 Å². The number of thioether (sulfide) groups is 1. The first-order valence-corrected chi connectivity index (χ1v) is 13.1. The van der Waals surface area contributed by atoms with Crippen molar-refractivity contribution in [2.24, 2.45) is 0 Å². The number of amides is 1. The Morgan fingerprint density at radius 3 is 2.51 bits per heavy atom. The summed E-state index contributed by atoms with van der Waals surface area (Å²) in [6, 6.07) is 14.1. The van der Waals surface area contributed by atoms with Gasteiger partial charge in [0.2, 0.25) is 5.91 Å². The van der Waals surface area contributed by atoms with Crippen molar-refractivity contribution in [1.82, 2.24) is 14.8 Å². The van der Waals surface area contributed by atoms with E-state index in [1.165, 1.54) is 23.9 Å². The molecule has 0 aliphatic heterocycles. The highest BCUT2D eigenvalue weighted by Crippen LogP contribution is 2.36. The molecule has 4 aromatic rings. The molecule has 0 radical (unpaired) electrons. The molecule has 1 amide bonds. The van der Waals surface area contributed by atoms with E-state index in [9.17, 15) is 9.90 Å². The van der Waals surface area contributed by atoms with Crippen LogP contribution in [0.3, 0.4) is 0 Å². The van der Waals surface area contributed by atoms with Crippen molar-refractivity contribution in [1.29, 1.82) is 0 Å². The van der Waals surface area contributed by atoms with Gasteiger partial charge in [-0.05, 0) is 55.8 Å². The van der Waals surface area contributed by atoms with E-state index < -0.39 is 0 Å². The molecule has 0 fully saturated rings. The molecule has 0 atom stereocenters. The fourth-order valence-corrected chi connectivity index (χ4v) is 5.13. The quantitative estimate of drug-likeness (QED) is 0.172. The first-order chi connectivity index (χ1) is 16.6. The molecular weight excluding hydrogens is 595 g/mol. The number of anilines is 1. The molecule has 0 saturated heterocycles. The number of carbonyl (C=O) groups is 1. The number of aryl methyl sites for hydroxylation is 2. The Labute approximate surface area is 229 Å². The van der Waals surface area contributed by atoms with Gasteiger partial charge in [-0.3, -0.25) is 9.36 Å². The molecule has 180 valence electrons. The van der Waals surface area contributed by atoms with Crippen molar-refractivity contribution in [3.8, 4) is 22.8 Å². The zero-order chi connectivity index (χ0) is 25.3. The van der Waals surface area contributed by atoms with E-state index in [1.54, 1.807) is 18.2 Å². The fraction of sp³-hybridized carbons (Fsp3) is 0.125. The highest BCUT2D eigenvalue weighted by atomic mass is 79.9. The Hall–Kier alpha value is -2.23. The van der Waals surface area contributed by atoms with Gasteiger partial charge in [-0.25, -0.2) is 0 Å². The van der Waals surface area contributed by atoms with Gasteiger partial charge >= 0.3 is 0 Å². The molecule has 1 aromatic heterocycles. The SMILES string of the molecule is Cc1ccc(-n2c(SCC(=O)Nc3cc(Cl)c(Cl)cc3Cl)nnc2-c2cc(Br)ccc2O)c(C)c1. The van der Waals surface area contributed by atoms with Crippen molar-refractivity contribution >= 4 is 74.1 Å². The minimum atomic E-state index is -0.308. The molecule has 1 heterocycles. The standard InChI is InChI=1S/C24H18BrCl3N4O2S/c1-12-3-5-20(13(2)7-12)32-23(15-8-14(25)4-6-21(15)33)30-31-24(32)35-11-22(34)29-19-10-17(27)16(26)9-18(19)28/h3-10,33H,11H2,1-2H3,(H,29,34). The molecule has 6 nitrogen and oxygen atoms in total. The minimum Gasteiger partial charge on any atom is -0.507 e. The normalized spacial score (nSPS) is 11.0. The minimum absolute atomic E-state index is 0.0318. The van der Waals surface area contributed by atoms with Crippen LogP contribution in [-0.2, 0) is 4.79 Å². The number of benzene rings is 3. The number of halogens is 4. The Balaban J connectivity index is 1.67. The lowest BCUT2D eigenvalue weighted by molar-refractivity contribution is -0.113. The second kappa shape index (κ2) is 10.8. The lowest BCUT2D eigenvalue weighted by Gasteiger charge is -2.14. The number of aromatic hydroxyl groups is 1. The van der Waals surface area contributed by atoms with Gasteiger partial charge in [0.05, 0.1) is 37.8 Å². The summed E-state index contributed by atoms with van der Waals surface area (Å²) in [5.74, 6) is 0.239. The lowest BCUT2D eigenvalue weighted by atomic mass is 10.1. The van der Waals surface area contributed by atoms with Crippen LogP contribution < -0.4 is 5.32 Å². The zero-order valence-corrected chi connectivity index (χ0v) is 23.1. The molecule has 0 aliphatic rings. The van der Waals surface area contributed by atoms with Gasteiger partial charge in [-0.2, -0.15) is 0 Å². The molecule has 0 spiro atoms. The van der Waals surface area contributed by atoms with Crippen LogP contribution in [0.1, 0.15) is 11.1 Å². The van der Waals surface area contributed by atoms with Crippen molar-refractivity contribution in [2.45, 2.75) is 19.0 Å². The Bertz CT molecular complexity index is 1440. The summed E-state index contributed by atoms with van der Waals surface area (Å²) in [5.41, 5.74) is 3.81. The van der Waals surface area contributed by atoms with E-state index in [1.807, 2.05) is 36.6 Å². The molecule has 0 aliphatic carbocycles. The Kier molecular flexibility index (Phi) is 7.98. The lowest BCUT2D eigenvalue weighted by Crippen LogP contribution is -2.15. The molecule has 2 N–H and O–H groups in total. The third kappa shape index (κ3) is 5.78. The molecule has 0 unspecified atom stereocenters. The molecule has 3 aromatic carbocycles. The monoisotopic (exact) mass is 610 g/mol. The molecule has 35 heavy (non-hydrogen) atoms. The van der Waals surface area contributed by atoms with Crippen LogP contribution in [0.25, 0.3) is 17.1 Å². The highest BCUT2D eigenvalue weighted by Gasteiger charge is 2.21. The van der Waals surface area contributed by atoms with Gasteiger partial charge in [-0.1, -0.05) is 80.2 Å². The van der Waals surface area contributed by atoms with Gasteiger partial charge in [0.15, 0.2) is 11.0 Å². The van der Waals surface area contributed by atoms with Crippen molar-refractivity contribution in [2.75, 3.05) is 11.1 Å². The average Bonchev–Trinajstić information content (AvgIpc) is 3.21. The predicted molar refractivity (Wildman–Crippen MR) is 146 cm³/mol. The Morgan fingerprint density at radius 2 is 1.77 bits per heavy atom. The van der Waals surface area contributed by atoms with E-state index in [4.69, 9.17) is 34.8 Å². The number of rotatable bonds is 6. The van der Waals surface area contributed by atoms with E-state index in [-0.39, 0.29) is 27.5 Å². The summed E-state index contributed by atoms with van der Waals surface area (Å²) in [5, 5.41) is 23.3. The first-order valence-electron chi connectivity index (χ1n) is 10.2. The van der Waals surface area contributed by atoms with Crippen LogP contribution in [0.4, 0.5) is 5.69 Å². The second-order valence-electron chi connectivity index (χ2n) is 7.68. The first kappa shape index (κ1) is 25.9. The molecule has 4 rings (SSSR count). The summed E-state index contributed by atoms with van der Waals surface area (Å²) in [6.45, 7) is 4.00. The Morgan fingerprint density at radius 1 is 1.03 bits per heavy atom. The van der Waals surface area contributed by atoms with Gasteiger partial charge < -0.3 is 10.4 Å². The number of nitrogens with zero attached hydrogens (tertiary/aromatic N) is 3. The topological polar surface area (TPSA) is 80.0 Å². The van der Waals surface area contributed by atoms with E-state index >= 15 is 0 Å². The third-order valence-electron chi connectivity index (χ3n) is 5.04.